The molecule has 0 spiro atoms. The van der Waals surface area contributed by atoms with Crippen LogP contribution in [0.4, 0.5) is 0 Å². The summed E-state index contributed by atoms with van der Waals surface area (Å²) < 4.78 is 339. The Bertz CT molecular complexity index is 3470. The first kappa shape index (κ1) is 78.0. The largest absolute Gasteiger partial charge is 0.479 e. The summed E-state index contributed by atoms with van der Waals surface area (Å²) in [4.78, 5) is 25.7. The molecule has 0 radical (unpaired) electrons. The third kappa shape index (κ3) is 22.4. The Morgan fingerprint density at radius 2 is 0.700 bits per heavy atom. The number of aliphatic carboxylic acids is 2. The van der Waals surface area contributed by atoms with E-state index in [4.69, 9.17) is 51.7 Å². The topological polar surface area (TPSA) is 816 Å². The number of carbonyl (C=O) groups is 2. The van der Waals surface area contributed by atoms with E-state index in [1.54, 1.807) is 0 Å². The first-order chi connectivity index (χ1) is 40.6. The zero-order chi connectivity index (χ0) is 68.7. The molecule has 0 aliphatic carbocycles. The molecule has 90 heavy (non-hydrogen) atoms. The predicted molar refractivity (Wildman–Crippen MR) is 257 cm³/mol. The maximum Gasteiger partial charge on any atom is 0.397 e. The molecule has 0 amide bonds. The van der Waals surface area contributed by atoms with Gasteiger partial charge in [-0.3, -0.25) is 36.4 Å². The van der Waals surface area contributed by atoms with Crippen molar-refractivity contribution < 1.29 is 223 Å². The normalized spacial score (nSPS) is 38.9. The Morgan fingerprint density at radius 3 is 1.14 bits per heavy atom. The molecule has 5 heterocycles. The van der Waals surface area contributed by atoms with E-state index in [1.165, 1.54) is 9.44 Å². The predicted octanol–water partition coefficient (Wildman–Crippen LogP) is -14.4. The van der Waals surface area contributed by atoms with E-state index in [0.717, 1.165) is 4.72 Å². The molecule has 528 valence electrons. The first-order valence-corrected chi connectivity index (χ1v) is 34.3. The Morgan fingerprint density at radius 1 is 0.333 bits per heavy atom. The van der Waals surface area contributed by atoms with Gasteiger partial charge in [-0.25, -0.2) is 30.5 Å². The maximum absolute atomic E-state index is 12.9. The van der Waals surface area contributed by atoms with Crippen molar-refractivity contribution in [2.75, 3.05) is 19.8 Å². The smallest absolute Gasteiger partial charge is 0.397 e. The van der Waals surface area contributed by atoms with Crippen LogP contribution in [0, 0.1) is 0 Å². The van der Waals surface area contributed by atoms with E-state index in [0.29, 0.717) is 0 Å². The number of aliphatic hydroxyl groups is 7. The minimum Gasteiger partial charge on any atom is -0.479 e. The van der Waals surface area contributed by atoms with E-state index in [2.05, 4.69) is 20.9 Å². The lowest BCUT2D eigenvalue weighted by Gasteiger charge is -2.50. The number of carboxylic acid groups (broad SMARTS) is 2. The molecule has 0 unspecified atom stereocenters. The average Bonchev–Trinajstić information content (AvgIpc) is 0.774. The summed E-state index contributed by atoms with van der Waals surface area (Å²) in [6.45, 7) is -5.16. The van der Waals surface area contributed by atoms with E-state index >= 15 is 0 Å². The SMILES string of the molecule is O=C(O)[C@H]1O[C@@H](O[C@@H]2[C@H](OS(=O)(=O)O)[C@@H](NS(=O)(=O)O)[C@@H](O[C@H]3[C@H](O)[C@@H](OS(=O)(=O)O)[C@H](O[C@H]4[C@H](O)[C@@H](NS(=O)(=O)O)[C@@H](O)O[C@@H]4COS(=O)(=O)O)O[C@H]3C(=O)O)O[C@@H]2COS(=O)(=O)O)[C@H](O)[C@@H](O)[C@@H]1O[C@H]1O[C@H](COS(=O)(=O)O)[C@@H](O)[C@H](O)[C@H]1NS(=O)(=O)O. The number of carboxylic acids is 2. The molecule has 5 rings (SSSR count). The molecule has 0 bridgehead atoms. The van der Waals surface area contributed by atoms with Crippen molar-refractivity contribution in [2.24, 2.45) is 0 Å². The third-order valence-electron chi connectivity index (χ3n) is 12.2. The fourth-order valence-electron chi connectivity index (χ4n) is 8.80. The van der Waals surface area contributed by atoms with Crippen molar-refractivity contribution in [3.8, 4) is 0 Å². The summed E-state index contributed by atoms with van der Waals surface area (Å²) >= 11 is 0. The van der Waals surface area contributed by atoms with E-state index in [9.17, 15) is 150 Å². The second-order valence-corrected chi connectivity index (χ2v) is 27.4. The zero-order valence-corrected chi connectivity index (χ0v) is 49.5. The molecule has 5 aliphatic rings. The minimum atomic E-state index is -6.36. The second kappa shape index (κ2) is 29.3. The lowest BCUT2D eigenvalue weighted by atomic mass is 9.94. The van der Waals surface area contributed by atoms with Gasteiger partial charge in [-0.15, -0.1) is 0 Å². The summed E-state index contributed by atoms with van der Waals surface area (Å²) in [5.41, 5.74) is 0. The molecule has 25 atom stereocenters. The molecule has 5 fully saturated rings. The highest BCUT2D eigenvalue weighted by Gasteiger charge is 2.61. The van der Waals surface area contributed by atoms with Crippen molar-refractivity contribution in [3.63, 3.8) is 0 Å². The van der Waals surface area contributed by atoms with Crippen LogP contribution in [0.3, 0.4) is 0 Å². The van der Waals surface area contributed by atoms with Gasteiger partial charge in [0.1, 0.15) is 104 Å². The van der Waals surface area contributed by atoms with Crippen molar-refractivity contribution in [3.05, 3.63) is 0 Å². The van der Waals surface area contributed by atoms with Gasteiger partial charge in [0.05, 0.1) is 19.8 Å². The van der Waals surface area contributed by atoms with Gasteiger partial charge in [-0.05, 0) is 0 Å². The van der Waals surface area contributed by atoms with Gasteiger partial charge in [0.25, 0.3) is 0 Å². The lowest BCUT2D eigenvalue weighted by Crippen LogP contribution is -2.71. The van der Waals surface area contributed by atoms with Gasteiger partial charge in [-0.2, -0.15) is 81.5 Å². The highest BCUT2D eigenvalue weighted by atomic mass is 32.3. The van der Waals surface area contributed by atoms with E-state index in [-0.39, 0.29) is 0 Å². The summed E-state index contributed by atoms with van der Waals surface area (Å²) in [6.07, 6.45) is -64.7. The van der Waals surface area contributed by atoms with Gasteiger partial charge in [0, 0.05) is 0 Å². The molecule has 60 heteroatoms. The standard InChI is InChI=1S/C30H51N3O49S8/c34-10-4(1-69-86(54,55)56)73-27(8(11(10)35)32-84(48,49)50)77-19-13(37)14(38)29(79-22(19)24(40)41)76-17-6(3-71-88(60,61)62)74-28(9(33-85(51,52)53)18(17)81-89(63,64)65)78-20-15(39)21(82-90(66,67)68)30(80-23(20)25(42)43)75-16-5(2-70-87(57,58)59)72-26(44)7(12(16)36)31-83(45,46)47/h4-23,26-39,44H,1-3H2,(H,40,41)(H,42,43)(H,45,46,47)(H,48,49,50)(H,51,52,53)(H,54,55,56)(H,57,58,59)(H,60,61,62)(H,63,64,65)(H,66,67,68)/t4-,5-,6-,7-,8-,9-,10-,11-,12-,13-,14-,15+,16-,17+,18-,19+,20+,21-,22+,23-,26+,27-,28-,29-,30-/m1/s1. The molecular weight excluding hydrogens is 1440 g/mol. The molecular formula is C30H51N3O49S8. The highest BCUT2D eigenvalue weighted by molar-refractivity contribution is 7.84. The minimum absolute atomic E-state index is 1.09. The van der Waals surface area contributed by atoms with Crippen LogP contribution in [0.1, 0.15) is 0 Å². The molecule has 0 aromatic carbocycles. The average molecular weight is 1490 g/mol. The molecule has 0 saturated carbocycles. The van der Waals surface area contributed by atoms with Crippen LogP contribution in [0.25, 0.3) is 0 Å². The molecule has 0 aromatic rings. The summed E-state index contributed by atoms with van der Waals surface area (Å²) in [6, 6.07) is -8.42. The molecule has 5 aliphatic heterocycles. The van der Waals surface area contributed by atoms with Crippen LogP contribution in [-0.4, -0.2) is 335 Å². The van der Waals surface area contributed by atoms with Gasteiger partial charge < -0.3 is 88.6 Å². The van der Waals surface area contributed by atoms with Crippen molar-refractivity contribution in [2.45, 2.75) is 153 Å². The summed E-state index contributed by atoms with van der Waals surface area (Å²) in [5.74, 6) is -4.94. The molecule has 20 N–H and O–H groups in total. The fraction of sp³-hybridized carbons (Fsp3) is 0.933. The van der Waals surface area contributed by atoms with Gasteiger partial charge in [0.2, 0.25) is 0 Å². The number of hydrogen-bond acceptors (Lipinski definition) is 39. The number of aliphatic hydroxyl groups excluding tert-OH is 7. The van der Waals surface area contributed by atoms with Crippen molar-refractivity contribution in [1.29, 1.82) is 0 Å². The van der Waals surface area contributed by atoms with Crippen LogP contribution in [0.15, 0.2) is 0 Å². The number of rotatable bonds is 29. The highest BCUT2D eigenvalue weighted by Crippen LogP contribution is 2.38. The fourth-order valence-corrected chi connectivity index (χ4v) is 12.5. The van der Waals surface area contributed by atoms with Crippen molar-refractivity contribution in [1.82, 2.24) is 14.2 Å². The van der Waals surface area contributed by atoms with Crippen LogP contribution in [0.2, 0.25) is 0 Å². The summed E-state index contributed by atoms with van der Waals surface area (Å²) in [7, 11) is -46.7. The van der Waals surface area contributed by atoms with Crippen LogP contribution < -0.4 is 14.2 Å². The van der Waals surface area contributed by atoms with Gasteiger partial charge in [0.15, 0.2) is 49.8 Å². The maximum atomic E-state index is 12.9. The van der Waals surface area contributed by atoms with Gasteiger partial charge >= 0.3 is 94.8 Å². The van der Waals surface area contributed by atoms with Crippen LogP contribution in [-0.2, 0) is 156 Å². The Labute approximate surface area is 502 Å². The van der Waals surface area contributed by atoms with E-state index < -0.39 is 268 Å². The van der Waals surface area contributed by atoms with Crippen LogP contribution >= 0.6 is 0 Å². The molecule has 5 saturated heterocycles. The second-order valence-electron chi connectivity index (χ2n) is 18.5. The lowest BCUT2D eigenvalue weighted by molar-refractivity contribution is -0.372. The number of hydrogen-bond donors (Lipinski definition) is 20. The monoisotopic (exact) mass is 1490 g/mol. The third-order valence-corrected chi connectivity index (χ3v) is 16.2. The quantitative estimate of drug-likeness (QED) is 0.0309. The van der Waals surface area contributed by atoms with Gasteiger partial charge in [-0.1, -0.05) is 0 Å². The Kier molecular flexibility index (Phi) is 25.4. The Hall–Kier alpha value is -2.74. The van der Waals surface area contributed by atoms with Crippen molar-refractivity contribution >= 4 is 94.8 Å². The molecule has 52 nitrogen and oxygen atoms in total. The number of nitrogens with one attached hydrogen (secondary N) is 3. The number of ether oxygens (including phenoxy) is 9. The van der Waals surface area contributed by atoms with E-state index in [1.807, 2.05) is 0 Å². The van der Waals surface area contributed by atoms with Crippen LogP contribution in [0.5, 0.6) is 0 Å². The summed E-state index contributed by atoms with van der Waals surface area (Å²) in [5, 5.41) is 97.8. The zero-order valence-electron chi connectivity index (χ0n) is 43.0. The molecule has 0 aromatic heterocycles. The Balaban J connectivity index is 1.59. The first-order valence-electron chi connectivity index (χ1n) is 23.2.